The van der Waals surface area contributed by atoms with E-state index in [1.807, 2.05) is 46.3 Å². The first-order valence-electron chi connectivity index (χ1n) is 8.36. The summed E-state index contributed by atoms with van der Waals surface area (Å²) in [4.78, 5) is 28.0. The van der Waals surface area contributed by atoms with Crippen LogP contribution in [0.5, 0.6) is 0 Å². The van der Waals surface area contributed by atoms with Crippen LogP contribution >= 0.6 is 0 Å². The molecule has 25 heavy (non-hydrogen) atoms. The van der Waals surface area contributed by atoms with Crippen LogP contribution in [-0.4, -0.2) is 71.3 Å². The summed E-state index contributed by atoms with van der Waals surface area (Å²) in [7, 11) is 1.39. The lowest BCUT2D eigenvalue weighted by atomic mass is 10.1. The molecule has 7 nitrogen and oxygen atoms in total. The molecule has 0 aliphatic carbocycles. The summed E-state index contributed by atoms with van der Waals surface area (Å²) in [5, 5.41) is 4.18. The Morgan fingerprint density at radius 1 is 1.12 bits per heavy atom. The summed E-state index contributed by atoms with van der Waals surface area (Å²) >= 11 is 0. The van der Waals surface area contributed by atoms with Crippen LogP contribution in [0, 0.1) is 0 Å². The monoisotopic (exact) mass is 342 g/mol. The van der Waals surface area contributed by atoms with Crippen molar-refractivity contribution >= 4 is 11.9 Å². The van der Waals surface area contributed by atoms with Crippen LogP contribution in [0.15, 0.2) is 42.7 Å². The van der Waals surface area contributed by atoms with Crippen LogP contribution in [0.25, 0.3) is 5.69 Å². The Morgan fingerprint density at radius 3 is 2.60 bits per heavy atom. The summed E-state index contributed by atoms with van der Waals surface area (Å²) in [6.07, 6.45) is 4.42. The number of rotatable bonds is 4. The van der Waals surface area contributed by atoms with Crippen molar-refractivity contribution in [2.75, 3.05) is 39.8 Å². The molecule has 3 rings (SSSR count). The minimum Gasteiger partial charge on any atom is -0.468 e. The third kappa shape index (κ3) is 4.24. The van der Waals surface area contributed by atoms with Crippen molar-refractivity contribution in [1.82, 2.24) is 19.6 Å². The molecule has 1 fully saturated rings. The number of aromatic nitrogens is 2. The molecule has 0 unspecified atom stereocenters. The van der Waals surface area contributed by atoms with E-state index in [-0.39, 0.29) is 18.4 Å². The predicted octanol–water partition coefficient (Wildman–Crippen LogP) is 1.19. The first-order valence-corrected chi connectivity index (χ1v) is 8.36. The highest BCUT2D eigenvalue weighted by atomic mass is 16.5. The number of esters is 1. The Balaban J connectivity index is 1.62. The van der Waals surface area contributed by atoms with E-state index in [9.17, 15) is 9.59 Å². The van der Waals surface area contributed by atoms with Crippen molar-refractivity contribution < 1.29 is 14.3 Å². The second-order valence-electron chi connectivity index (χ2n) is 6.00. The fourth-order valence-corrected chi connectivity index (χ4v) is 2.94. The first kappa shape index (κ1) is 17.2. The van der Waals surface area contributed by atoms with Crippen molar-refractivity contribution in [3.05, 3.63) is 48.3 Å². The Bertz CT molecular complexity index is 712. The molecule has 132 valence electrons. The second kappa shape index (κ2) is 7.94. The average molecular weight is 342 g/mol. The normalized spacial score (nSPS) is 15.6. The van der Waals surface area contributed by atoms with Crippen LogP contribution in [0.2, 0.25) is 0 Å². The molecule has 1 aromatic heterocycles. The average Bonchev–Trinajstić information content (AvgIpc) is 3.08. The number of hydrogen-bond acceptors (Lipinski definition) is 5. The van der Waals surface area contributed by atoms with E-state index in [0.29, 0.717) is 25.2 Å². The van der Waals surface area contributed by atoms with Gasteiger partial charge in [-0.1, -0.05) is 0 Å². The molecule has 2 aromatic rings. The van der Waals surface area contributed by atoms with Crippen LogP contribution in [0.1, 0.15) is 16.8 Å². The highest BCUT2D eigenvalue weighted by Crippen LogP contribution is 2.13. The molecule has 1 amide bonds. The molecule has 1 saturated heterocycles. The van der Waals surface area contributed by atoms with Gasteiger partial charge in [-0.15, -0.1) is 0 Å². The number of ether oxygens (including phenoxy) is 1. The Hall–Kier alpha value is -2.67. The van der Waals surface area contributed by atoms with Crippen LogP contribution in [0.4, 0.5) is 0 Å². The molecule has 1 aromatic carbocycles. The Kier molecular flexibility index (Phi) is 5.45. The third-order valence-electron chi connectivity index (χ3n) is 4.34. The SMILES string of the molecule is COC(=O)CN1CCCN(C(=O)c2ccc(-n3cccn3)cc2)CC1. The van der Waals surface area contributed by atoms with Gasteiger partial charge in [0.2, 0.25) is 0 Å². The van der Waals surface area contributed by atoms with Gasteiger partial charge in [0.1, 0.15) is 0 Å². The molecule has 2 heterocycles. The summed E-state index contributed by atoms with van der Waals surface area (Å²) in [5.74, 6) is -0.221. The minimum absolute atomic E-state index is 0.0203. The zero-order chi connectivity index (χ0) is 17.6. The van der Waals surface area contributed by atoms with E-state index >= 15 is 0 Å². The van der Waals surface area contributed by atoms with E-state index in [1.165, 1.54) is 7.11 Å². The van der Waals surface area contributed by atoms with Gasteiger partial charge in [-0.25, -0.2) is 4.68 Å². The predicted molar refractivity (Wildman–Crippen MR) is 92.5 cm³/mol. The van der Waals surface area contributed by atoms with Crippen LogP contribution < -0.4 is 0 Å². The lowest BCUT2D eigenvalue weighted by molar-refractivity contribution is -0.141. The van der Waals surface area contributed by atoms with Gasteiger partial charge in [-0.05, 0) is 36.8 Å². The molecule has 1 aliphatic heterocycles. The number of hydrogen-bond donors (Lipinski definition) is 0. The summed E-state index contributed by atoms with van der Waals surface area (Å²) in [6, 6.07) is 9.30. The third-order valence-corrected chi connectivity index (χ3v) is 4.34. The van der Waals surface area contributed by atoms with E-state index in [2.05, 4.69) is 5.10 Å². The quantitative estimate of drug-likeness (QED) is 0.781. The summed E-state index contributed by atoms with van der Waals surface area (Å²) in [6.45, 7) is 3.04. The van der Waals surface area contributed by atoms with E-state index in [1.54, 1.807) is 10.9 Å². The Labute approximate surface area is 146 Å². The van der Waals surface area contributed by atoms with Gasteiger partial charge < -0.3 is 9.64 Å². The largest absolute Gasteiger partial charge is 0.468 e. The number of carbonyl (C=O) groups excluding carboxylic acids is 2. The lowest BCUT2D eigenvalue weighted by Crippen LogP contribution is -2.37. The second-order valence-corrected chi connectivity index (χ2v) is 6.00. The molecule has 0 bridgehead atoms. The van der Waals surface area contributed by atoms with Crippen molar-refractivity contribution in [2.45, 2.75) is 6.42 Å². The number of nitrogens with zero attached hydrogens (tertiary/aromatic N) is 4. The number of amides is 1. The molecular weight excluding hydrogens is 320 g/mol. The fraction of sp³-hybridized carbons (Fsp3) is 0.389. The minimum atomic E-state index is -0.242. The van der Waals surface area contributed by atoms with E-state index < -0.39 is 0 Å². The lowest BCUT2D eigenvalue weighted by Gasteiger charge is -2.21. The molecule has 1 aliphatic rings. The standard InChI is InChI=1S/C18H22N4O3/c1-25-17(23)14-20-9-3-10-21(13-12-20)18(24)15-4-6-16(7-5-15)22-11-2-8-19-22/h2,4-8,11H,3,9-10,12-14H2,1H3. The highest BCUT2D eigenvalue weighted by molar-refractivity contribution is 5.94. The Morgan fingerprint density at radius 2 is 1.92 bits per heavy atom. The molecule has 0 radical (unpaired) electrons. The van der Waals surface area contributed by atoms with Crippen molar-refractivity contribution in [3.63, 3.8) is 0 Å². The van der Waals surface area contributed by atoms with Gasteiger partial charge in [0.25, 0.3) is 5.91 Å². The maximum atomic E-state index is 12.7. The zero-order valence-electron chi connectivity index (χ0n) is 14.3. The molecule has 7 heteroatoms. The van der Waals surface area contributed by atoms with E-state index in [4.69, 9.17) is 4.74 Å². The highest BCUT2D eigenvalue weighted by Gasteiger charge is 2.21. The van der Waals surface area contributed by atoms with Gasteiger partial charge in [0, 0.05) is 44.1 Å². The number of methoxy groups -OCH3 is 1. The van der Waals surface area contributed by atoms with Crippen molar-refractivity contribution in [3.8, 4) is 5.69 Å². The summed E-state index contributed by atoms with van der Waals surface area (Å²) in [5.41, 5.74) is 1.58. The zero-order valence-corrected chi connectivity index (χ0v) is 14.3. The maximum absolute atomic E-state index is 12.7. The number of carbonyl (C=O) groups is 2. The molecular formula is C18H22N4O3. The van der Waals surface area contributed by atoms with Gasteiger partial charge >= 0.3 is 5.97 Å². The van der Waals surface area contributed by atoms with Gasteiger partial charge in [-0.2, -0.15) is 5.10 Å². The van der Waals surface area contributed by atoms with Gasteiger partial charge in [0.05, 0.1) is 19.3 Å². The topological polar surface area (TPSA) is 67.7 Å². The van der Waals surface area contributed by atoms with Crippen LogP contribution in [0.3, 0.4) is 0 Å². The van der Waals surface area contributed by atoms with Gasteiger partial charge in [-0.3, -0.25) is 14.5 Å². The van der Waals surface area contributed by atoms with E-state index in [0.717, 1.165) is 18.7 Å². The first-order chi connectivity index (χ1) is 12.2. The molecule has 0 atom stereocenters. The maximum Gasteiger partial charge on any atom is 0.319 e. The van der Waals surface area contributed by atoms with Crippen molar-refractivity contribution in [2.24, 2.45) is 0 Å². The van der Waals surface area contributed by atoms with Crippen LogP contribution in [-0.2, 0) is 9.53 Å². The summed E-state index contributed by atoms with van der Waals surface area (Å²) < 4.78 is 6.47. The number of benzene rings is 1. The van der Waals surface area contributed by atoms with Gasteiger partial charge in [0.15, 0.2) is 0 Å². The molecule has 0 saturated carbocycles. The molecule has 0 N–H and O–H groups in total. The smallest absolute Gasteiger partial charge is 0.319 e. The van der Waals surface area contributed by atoms with Crippen molar-refractivity contribution in [1.29, 1.82) is 0 Å². The fourth-order valence-electron chi connectivity index (χ4n) is 2.94. The molecule has 0 spiro atoms.